The molecule has 0 aromatic heterocycles. The molecule has 1 aromatic carbocycles. The van der Waals surface area contributed by atoms with Crippen LogP contribution >= 0.6 is 0 Å². The summed E-state index contributed by atoms with van der Waals surface area (Å²) in [5.74, 6) is 1.55. The third-order valence-electron chi connectivity index (χ3n) is 3.81. The second-order valence-electron chi connectivity index (χ2n) is 5.41. The van der Waals surface area contributed by atoms with Crippen LogP contribution in [0.25, 0.3) is 0 Å². The van der Waals surface area contributed by atoms with Crippen LogP contribution in [0.1, 0.15) is 39.3 Å². The highest BCUT2D eigenvalue weighted by Crippen LogP contribution is 2.30. The number of likely N-dealkylation sites (N-methyl/N-ethyl adjacent to an activating group) is 2. The SMILES string of the molecule is CCNC(CN(CC)C(C)C)c1ccc(OC)c(OC)c1. The summed E-state index contributed by atoms with van der Waals surface area (Å²) in [5, 5.41) is 3.57. The van der Waals surface area contributed by atoms with Crippen LogP contribution in [0.3, 0.4) is 0 Å². The quantitative estimate of drug-likeness (QED) is 0.759. The molecule has 21 heavy (non-hydrogen) atoms. The Morgan fingerprint density at radius 1 is 1.10 bits per heavy atom. The minimum absolute atomic E-state index is 0.289. The fourth-order valence-electron chi connectivity index (χ4n) is 2.54. The molecule has 1 N–H and O–H groups in total. The van der Waals surface area contributed by atoms with E-state index in [0.29, 0.717) is 6.04 Å². The second-order valence-corrected chi connectivity index (χ2v) is 5.41. The molecule has 0 amide bonds. The molecule has 0 aliphatic heterocycles. The fourth-order valence-corrected chi connectivity index (χ4v) is 2.54. The topological polar surface area (TPSA) is 33.7 Å². The lowest BCUT2D eigenvalue weighted by Crippen LogP contribution is -2.39. The maximum absolute atomic E-state index is 5.42. The van der Waals surface area contributed by atoms with Crippen LogP contribution in [0, 0.1) is 0 Å². The molecule has 0 spiro atoms. The smallest absolute Gasteiger partial charge is 0.161 e. The molecule has 0 radical (unpaired) electrons. The van der Waals surface area contributed by atoms with Crippen LogP contribution in [-0.4, -0.2) is 44.8 Å². The largest absolute Gasteiger partial charge is 0.493 e. The molecule has 0 saturated carbocycles. The summed E-state index contributed by atoms with van der Waals surface area (Å²) >= 11 is 0. The van der Waals surface area contributed by atoms with Crippen molar-refractivity contribution in [1.82, 2.24) is 10.2 Å². The Morgan fingerprint density at radius 3 is 2.24 bits per heavy atom. The van der Waals surface area contributed by atoms with Crippen molar-refractivity contribution < 1.29 is 9.47 Å². The molecule has 4 heteroatoms. The minimum atomic E-state index is 0.289. The molecule has 0 fully saturated rings. The van der Waals surface area contributed by atoms with Gasteiger partial charge in [-0.25, -0.2) is 0 Å². The van der Waals surface area contributed by atoms with Crippen molar-refractivity contribution in [3.63, 3.8) is 0 Å². The standard InChI is InChI=1S/C17H30N2O2/c1-7-18-15(12-19(8-2)13(3)4)14-9-10-16(20-5)17(11-14)21-6/h9-11,13,15,18H,7-8,12H2,1-6H3. The summed E-state index contributed by atoms with van der Waals surface area (Å²) in [6.07, 6.45) is 0. The molecule has 1 rings (SSSR count). The van der Waals surface area contributed by atoms with Gasteiger partial charge in [0.25, 0.3) is 0 Å². The van der Waals surface area contributed by atoms with Crippen molar-refractivity contribution in [1.29, 1.82) is 0 Å². The Balaban J connectivity index is 2.99. The number of hydrogen-bond donors (Lipinski definition) is 1. The number of nitrogens with one attached hydrogen (secondary N) is 1. The molecule has 1 atom stereocenters. The molecular formula is C17H30N2O2. The summed E-state index contributed by atoms with van der Waals surface area (Å²) in [7, 11) is 3.34. The van der Waals surface area contributed by atoms with Crippen LogP contribution < -0.4 is 14.8 Å². The monoisotopic (exact) mass is 294 g/mol. The van der Waals surface area contributed by atoms with E-state index in [1.165, 1.54) is 5.56 Å². The van der Waals surface area contributed by atoms with Gasteiger partial charge in [0.05, 0.1) is 14.2 Å². The molecule has 4 nitrogen and oxygen atoms in total. The van der Waals surface area contributed by atoms with E-state index < -0.39 is 0 Å². The molecule has 0 aliphatic rings. The van der Waals surface area contributed by atoms with E-state index in [1.54, 1.807) is 14.2 Å². The third kappa shape index (κ3) is 4.90. The Bertz CT molecular complexity index is 421. The van der Waals surface area contributed by atoms with E-state index in [0.717, 1.165) is 31.1 Å². The average molecular weight is 294 g/mol. The number of rotatable bonds is 9. The first-order chi connectivity index (χ1) is 10.1. The molecule has 1 unspecified atom stereocenters. The lowest BCUT2D eigenvalue weighted by atomic mass is 10.0. The van der Waals surface area contributed by atoms with E-state index in [-0.39, 0.29) is 6.04 Å². The second kappa shape index (κ2) is 8.90. The maximum Gasteiger partial charge on any atom is 0.161 e. The van der Waals surface area contributed by atoms with Gasteiger partial charge < -0.3 is 14.8 Å². The van der Waals surface area contributed by atoms with Gasteiger partial charge >= 0.3 is 0 Å². The normalized spacial score (nSPS) is 12.8. The Kier molecular flexibility index (Phi) is 7.54. The number of ether oxygens (including phenoxy) is 2. The van der Waals surface area contributed by atoms with Gasteiger partial charge in [0, 0.05) is 18.6 Å². The van der Waals surface area contributed by atoms with Crippen LogP contribution in [0.2, 0.25) is 0 Å². The van der Waals surface area contributed by atoms with E-state index in [1.807, 2.05) is 6.07 Å². The van der Waals surface area contributed by atoms with Crippen LogP contribution in [-0.2, 0) is 0 Å². The third-order valence-corrected chi connectivity index (χ3v) is 3.81. The van der Waals surface area contributed by atoms with Crippen molar-refractivity contribution in [3.8, 4) is 11.5 Å². The van der Waals surface area contributed by atoms with Gasteiger partial charge in [-0.05, 0) is 44.6 Å². The van der Waals surface area contributed by atoms with Gasteiger partial charge in [0.2, 0.25) is 0 Å². The van der Waals surface area contributed by atoms with Crippen LogP contribution in [0.4, 0.5) is 0 Å². The first-order valence-corrected chi connectivity index (χ1v) is 7.76. The van der Waals surface area contributed by atoms with Gasteiger partial charge in [-0.15, -0.1) is 0 Å². The summed E-state index contributed by atoms with van der Waals surface area (Å²) in [6.45, 7) is 11.8. The molecule has 0 heterocycles. The predicted octanol–water partition coefficient (Wildman–Crippen LogP) is 3.08. The van der Waals surface area contributed by atoms with Crippen molar-refractivity contribution in [2.24, 2.45) is 0 Å². The van der Waals surface area contributed by atoms with Crippen molar-refractivity contribution >= 4 is 0 Å². The van der Waals surface area contributed by atoms with Crippen LogP contribution in [0.15, 0.2) is 18.2 Å². The first-order valence-electron chi connectivity index (χ1n) is 7.76. The Hall–Kier alpha value is -1.26. The van der Waals surface area contributed by atoms with Crippen molar-refractivity contribution in [3.05, 3.63) is 23.8 Å². The van der Waals surface area contributed by atoms with Gasteiger partial charge in [-0.3, -0.25) is 4.90 Å². The lowest BCUT2D eigenvalue weighted by molar-refractivity contribution is 0.208. The van der Waals surface area contributed by atoms with E-state index >= 15 is 0 Å². The van der Waals surface area contributed by atoms with Gasteiger partial charge in [-0.1, -0.05) is 19.9 Å². The highest BCUT2D eigenvalue weighted by atomic mass is 16.5. The van der Waals surface area contributed by atoms with Gasteiger partial charge in [-0.2, -0.15) is 0 Å². The number of hydrogen-bond acceptors (Lipinski definition) is 4. The molecule has 0 saturated heterocycles. The lowest BCUT2D eigenvalue weighted by Gasteiger charge is -2.30. The summed E-state index contributed by atoms with van der Waals surface area (Å²) in [4.78, 5) is 2.46. The summed E-state index contributed by atoms with van der Waals surface area (Å²) < 4.78 is 10.7. The van der Waals surface area contributed by atoms with E-state index in [2.05, 4.69) is 50.0 Å². The molecule has 1 aromatic rings. The highest BCUT2D eigenvalue weighted by molar-refractivity contribution is 5.43. The number of methoxy groups -OCH3 is 2. The first kappa shape index (κ1) is 17.8. The molecule has 0 bridgehead atoms. The van der Waals surface area contributed by atoms with Crippen LogP contribution in [0.5, 0.6) is 11.5 Å². The van der Waals surface area contributed by atoms with Gasteiger partial charge in [0.1, 0.15) is 0 Å². The maximum atomic E-state index is 5.42. The Labute approximate surface area is 129 Å². The minimum Gasteiger partial charge on any atom is -0.493 e. The van der Waals surface area contributed by atoms with Crippen molar-refractivity contribution in [2.45, 2.75) is 39.8 Å². The summed E-state index contributed by atoms with van der Waals surface area (Å²) in [6, 6.07) is 6.99. The average Bonchev–Trinajstić information content (AvgIpc) is 2.50. The van der Waals surface area contributed by atoms with Gasteiger partial charge in [0.15, 0.2) is 11.5 Å². The molecule has 120 valence electrons. The van der Waals surface area contributed by atoms with E-state index in [4.69, 9.17) is 9.47 Å². The summed E-state index contributed by atoms with van der Waals surface area (Å²) in [5.41, 5.74) is 1.23. The molecule has 0 aliphatic carbocycles. The predicted molar refractivity (Wildman–Crippen MR) is 88.3 cm³/mol. The zero-order chi connectivity index (χ0) is 15.8. The van der Waals surface area contributed by atoms with Crippen molar-refractivity contribution in [2.75, 3.05) is 33.9 Å². The molecular weight excluding hydrogens is 264 g/mol. The zero-order valence-corrected chi connectivity index (χ0v) is 14.3. The van der Waals surface area contributed by atoms with E-state index in [9.17, 15) is 0 Å². The Morgan fingerprint density at radius 2 is 1.76 bits per heavy atom. The zero-order valence-electron chi connectivity index (χ0n) is 14.3. The number of nitrogens with zero attached hydrogens (tertiary/aromatic N) is 1. The fraction of sp³-hybridized carbons (Fsp3) is 0.647. The number of benzene rings is 1. The highest BCUT2D eigenvalue weighted by Gasteiger charge is 2.18.